The van der Waals surface area contributed by atoms with Crippen LogP contribution in [0.2, 0.25) is 0 Å². The molecule has 0 saturated carbocycles. The maximum atomic E-state index is 13.7. The van der Waals surface area contributed by atoms with Crippen LogP contribution >= 0.6 is 0 Å². The molecule has 8 heteroatoms. The van der Waals surface area contributed by atoms with Gasteiger partial charge in [-0.2, -0.15) is 0 Å². The molecule has 0 aliphatic carbocycles. The number of aromatic nitrogens is 2. The summed E-state index contributed by atoms with van der Waals surface area (Å²) in [5.41, 5.74) is -0.169. The van der Waals surface area contributed by atoms with Crippen molar-refractivity contribution in [1.82, 2.24) is 14.9 Å². The van der Waals surface area contributed by atoms with E-state index in [2.05, 4.69) is 15.3 Å². The number of morpholine rings is 1. The van der Waals surface area contributed by atoms with Crippen molar-refractivity contribution in [2.24, 2.45) is 0 Å². The second kappa shape index (κ2) is 6.66. The molecule has 1 fully saturated rings. The van der Waals surface area contributed by atoms with Crippen LogP contribution in [-0.4, -0.2) is 47.1 Å². The van der Waals surface area contributed by atoms with E-state index in [-0.39, 0.29) is 23.1 Å². The largest absolute Gasteiger partial charge is 0.378 e. The van der Waals surface area contributed by atoms with Gasteiger partial charge in [0.25, 0.3) is 5.91 Å². The quantitative estimate of drug-likeness (QED) is 0.936. The van der Waals surface area contributed by atoms with E-state index in [1.807, 2.05) is 0 Å². The van der Waals surface area contributed by atoms with Gasteiger partial charge in [-0.15, -0.1) is 0 Å². The van der Waals surface area contributed by atoms with Crippen molar-refractivity contribution < 1.29 is 18.3 Å². The smallest absolute Gasteiger partial charge is 0.272 e. The highest BCUT2D eigenvalue weighted by Crippen LogP contribution is 2.22. The first-order valence-corrected chi connectivity index (χ1v) is 7.05. The Labute approximate surface area is 131 Å². The van der Waals surface area contributed by atoms with Crippen LogP contribution in [0.15, 0.2) is 30.6 Å². The molecule has 0 bridgehead atoms. The molecule has 1 amide bonds. The van der Waals surface area contributed by atoms with Gasteiger partial charge in [0.2, 0.25) is 0 Å². The summed E-state index contributed by atoms with van der Waals surface area (Å²) in [5, 5.41) is 2.54. The van der Waals surface area contributed by atoms with Crippen molar-refractivity contribution in [3.8, 4) is 0 Å². The molecular weight excluding hydrogens is 306 g/mol. The molecule has 2 aromatic rings. The lowest BCUT2D eigenvalue weighted by Gasteiger charge is -2.26. The predicted molar refractivity (Wildman–Crippen MR) is 78.4 cm³/mol. The third-order valence-corrected chi connectivity index (χ3v) is 3.40. The molecule has 1 aliphatic rings. The number of amides is 1. The number of halogens is 2. The van der Waals surface area contributed by atoms with E-state index >= 15 is 0 Å². The lowest BCUT2D eigenvalue weighted by molar-refractivity contribution is 0.0299. The van der Waals surface area contributed by atoms with Gasteiger partial charge < -0.3 is 15.0 Å². The van der Waals surface area contributed by atoms with E-state index in [1.165, 1.54) is 18.5 Å². The summed E-state index contributed by atoms with van der Waals surface area (Å²) in [7, 11) is 0. The van der Waals surface area contributed by atoms with E-state index in [0.29, 0.717) is 26.3 Å². The fourth-order valence-corrected chi connectivity index (χ4v) is 2.22. The Morgan fingerprint density at radius 1 is 1.17 bits per heavy atom. The van der Waals surface area contributed by atoms with Crippen LogP contribution in [0.1, 0.15) is 10.5 Å². The van der Waals surface area contributed by atoms with Crippen LogP contribution in [0.25, 0.3) is 0 Å². The Bertz CT molecular complexity index is 700. The van der Waals surface area contributed by atoms with Gasteiger partial charge in [-0.25, -0.2) is 18.7 Å². The van der Waals surface area contributed by atoms with Crippen molar-refractivity contribution in [2.45, 2.75) is 0 Å². The monoisotopic (exact) mass is 320 g/mol. The molecule has 1 saturated heterocycles. The Balaban J connectivity index is 1.81. The van der Waals surface area contributed by atoms with Gasteiger partial charge >= 0.3 is 0 Å². The van der Waals surface area contributed by atoms with Crippen molar-refractivity contribution in [3.05, 3.63) is 47.9 Å². The number of hydrogen-bond donors (Lipinski definition) is 1. The number of rotatable bonds is 3. The number of ether oxygens (including phenoxy) is 1. The second-order valence-electron chi connectivity index (χ2n) is 4.91. The molecule has 3 rings (SSSR count). The zero-order valence-electron chi connectivity index (χ0n) is 12.1. The summed E-state index contributed by atoms with van der Waals surface area (Å²) in [5.74, 6) is -1.62. The Morgan fingerprint density at radius 3 is 2.57 bits per heavy atom. The van der Waals surface area contributed by atoms with E-state index in [0.717, 1.165) is 12.1 Å². The molecule has 1 N–H and O–H groups in total. The third-order valence-electron chi connectivity index (χ3n) is 3.40. The zero-order valence-corrected chi connectivity index (χ0v) is 12.1. The van der Waals surface area contributed by atoms with Gasteiger partial charge in [0, 0.05) is 19.2 Å². The highest BCUT2D eigenvalue weighted by atomic mass is 19.1. The molecule has 120 valence electrons. The zero-order chi connectivity index (χ0) is 16.2. The second-order valence-corrected chi connectivity index (χ2v) is 4.91. The maximum Gasteiger partial charge on any atom is 0.272 e. The summed E-state index contributed by atoms with van der Waals surface area (Å²) in [6, 6.07) is 4.89. The third kappa shape index (κ3) is 3.42. The summed E-state index contributed by atoms with van der Waals surface area (Å²) in [6.07, 6.45) is 1.18. The SMILES string of the molecule is O=C(c1cc(Nc2c(F)cccc2F)ncn1)N1CCOCC1. The summed E-state index contributed by atoms with van der Waals surface area (Å²) in [6.45, 7) is 1.91. The number of hydrogen-bond acceptors (Lipinski definition) is 5. The van der Waals surface area contributed by atoms with Gasteiger partial charge in [0.05, 0.1) is 13.2 Å². The highest BCUT2D eigenvalue weighted by molar-refractivity contribution is 5.93. The minimum absolute atomic E-state index is 0.139. The fourth-order valence-electron chi connectivity index (χ4n) is 2.22. The first-order chi connectivity index (χ1) is 11.1. The van der Waals surface area contributed by atoms with Gasteiger partial charge in [0.1, 0.15) is 35.2 Å². The van der Waals surface area contributed by atoms with Crippen molar-refractivity contribution in [3.63, 3.8) is 0 Å². The molecule has 1 aromatic heterocycles. The lowest BCUT2D eigenvalue weighted by Crippen LogP contribution is -2.41. The number of anilines is 2. The number of benzene rings is 1. The van der Waals surface area contributed by atoms with E-state index in [4.69, 9.17) is 4.74 Å². The minimum Gasteiger partial charge on any atom is -0.378 e. The number of nitrogens with zero attached hydrogens (tertiary/aromatic N) is 3. The first-order valence-electron chi connectivity index (χ1n) is 7.05. The average Bonchev–Trinajstić information content (AvgIpc) is 2.59. The molecule has 0 atom stereocenters. The van der Waals surface area contributed by atoms with Gasteiger partial charge in [-0.05, 0) is 12.1 Å². The predicted octanol–water partition coefficient (Wildman–Crippen LogP) is 1.97. The molecular formula is C15H14F2N4O2. The molecule has 23 heavy (non-hydrogen) atoms. The van der Waals surface area contributed by atoms with Gasteiger partial charge in [-0.3, -0.25) is 4.79 Å². The van der Waals surface area contributed by atoms with Crippen LogP contribution in [-0.2, 0) is 4.74 Å². The van der Waals surface area contributed by atoms with Crippen molar-refractivity contribution in [1.29, 1.82) is 0 Å². The van der Waals surface area contributed by atoms with Crippen LogP contribution < -0.4 is 5.32 Å². The Kier molecular flexibility index (Phi) is 4.42. The van der Waals surface area contributed by atoms with E-state index in [1.54, 1.807) is 4.90 Å². The van der Waals surface area contributed by atoms with Gasteiger partial charge in [-0.1, -0.05) is 6.07 Å². The number of carbonyl (C=O) groups is 1. The number of para-hydroxylation sites is 1. The molecule has 1 aromatic carbocycles. The summed E-state index contributed by atoms with van der Waals surface area (Å²) >= 11 is 0. The molecule has 6 nitrogen and oxygen atoms in total. The number of nitrogens with one attached hydrogen (secondary N) is 1. The fraction of sp³-hybridized carbons (Fsp3) is 0.267. The standard InChI is InChI=1S/C15H14F2N4O2/c16-10-2-1-3-11(17)14(10)20-13-8-12(18-9-19-13)15(22)21-4-6-23-7-5-21/h1-3,8-9H,4-7H2,(H,18,19,20). The summed E-state index contributed by atoms with van der Waals surface area (Å²) < 4.78 is 32.5. The molecule has 0 spiro atoms. The van der Waals surface area contributed by atoms with Crippen molar-refractivity contribution >= 4 is 17.4 Å². The molecule has 2 heterocycles. The van der Waals surface area contributed by atoms with E-state index in [9.17, 15) is 13.6 Å². The van der Waals surface area contributed by atoms with Crippen LogP contribution in [0.5, 0.6) is 0 Å². The van der Waals surface area contributed by atoms with E-state index < -0.39 is 11.6 Å². The first kappa shape index (κ1) is 15.3. The average molecular weight is 320 g/mol. The topological polar surface area (TPSA) is 67.4 Å². The van der Waals surface area contributed by atoms with Crippen molar-refractivity contribution in [2.75, 3.05) is 31.6 Å². The summed E-state index contributed by atoms with van der Waals surface area (Å²) in [4.78, 5) is 21.8. The normalized spacial score (nSPS) is 14.6. The maximum absolute atomic E-state index is 13.7. The minimum atomic E-state index is -0.746. The Hall–Kier alpha value is -2.61. The Morgan fingerprint density at radius 2 is 1.87 bits per heavy atom. The highest BCUT2D eigenvalue weighted by Gasteiger charge is 2.20. The van der Waals surface area contributed by atoms with Crippen LogP contribution in [0, 0.1) is 11.6 Å². The molecule has 0 unspecified atom stereocenters. The molecule has 1 aliphatic heterocycles. The number of carbonyl (C=O) groups excluding carboxylic acids is 1. The van der Waals surface area contributed by atoms with Gasteiger partial charge in [0.15, 0.2) is 0 Å². The van der Waals surface area contributed by atoms with Crippen LogP contribution in [0.3, 0.4) is 0 Å². The lowest BCUT2D eigenvalue weighted by atomic mass is 10.2. The molecule has 0 radical (unpaired) electrons. The van der Waals surface area contributed by atoms with Crippen LogP contribution in [0.4, 0.5) is 20.3 Å².